The van der Waals surface area contributed by atoms with Crippen LogP contribution in [0.2, 0.25) is 0 Å². The van der Waals surface area contributed by atoms with Gasteiger partial charge in [-0.05, 0) is 30.7 Å². The summed E-state index contributed by atoms with van der Waals surface area (Å²) in [6.07, 6.45) is 2.17. The summed E-state index contributed by atoms with van der Waals surface area (Å²) < 4.78 is 6.99. The minimum Gasteiger partial charge on any atom is -0.497 e. The topological polar surface area (TPSA) is 84.7 Å². The molecule has 1 atom stereocenters. The van der Waals surface area contributed by atoms with Crippen LogP contribution in [0, 0.1) is 5.92 Å². The highest BCUT2D eigenvalue weighted by molar-refractivity contribution is 6.00. The molecule has 3 aromatic rings. The van der Waals surface area contributed by atoms with Crippen molar-refractivity contribution in [2.24, 2.45) is 5.92 Å². The SMILES string of the molecule is COc1cccc(-c2nn(-c3ccccc3)cc2C(=O)N2CC[C@@H](C(=O)O)C2)c1. The zero-order valence-electron chi connectivity index (χ0n) is 16.0. The van der Waals surface area contributed by atoms with Gasteiger partial charge in [-0.2, -0.15) is 5.10 Å². The van der Waals surface area contributed by atoms with Gasteiger partial charge in [0.25, 0.3) is 5.91 Å². The van der Waals surface area contributed by atoms with Crippen LogP contribution in [0.1, 0.15) is 16.8 Å². The number of carboxylic acid groups (broad SMARTS) is 1. The molecule has 2 heterocycles. The maximum absolute atomic E-state index is 13.3. The lowest BCUT2D eigenvalue weighted by molar-refractivity contribution is -0.141. The summed E-state index contributed by atoms with van der Waals surface area (Å²) in [6, 6.07) is 16.9. The second-order valence-corrected chi connectivity index (χ2v) is 6.98. The van der Waals surface area contributed by atoms with Gasteiger partial charge in [0.15, 0.2) is 0 Å². The number of methoxy groups -OCH3 is 1. The molecule has 1 aliphatic rings. The average molecular weight is 391 g/mol. The number of nitrogens with zero attached hydrogens (tertiary/aromatic N) is 3. The van der Waals surface area contributed by atoms with Gasteiger partial charge >= 0.3 is 5.97 Å². The largest absolute Gasteiger partial charge is 0.497 e. The molecule has 0 spiro atoms. The highest BCUT2D eigenvalue weighted by Gasteiger charge is 2.33. The van der Waals surface area contributed by atoms with Gasteiger partial charge in [-0.1, -0.05) is 30.3 Å². The van der Waals surface area contributed by atoms with E-state index in [2.05, 4.69) is 5.10 Å². The summed E-state index contributed by atoms with van der Waals surface area (Å²) in [5, 5.41) is 13.9. The van der Waals surface area contributed by atoms with E-state index >= 15 is 0 Å². The molecule has 0 unspecified atom stereocenters. The minimum absolute atomic E-state index is 0.211. The Morgan fingerprint density at radius 2 is 1.93 bits per heavy atom. The number of hydrogen-bond acceptors (Lipinski definition) is 4. The molecule has 0 saturated carbocycles. The Labute approximate surface area is 168 Å². The maximum atomic E-state index is 13.3. The average Bonchev–Trinajstić information content (AvgIpc) is 3.42. The van der Waals surface area contributed by atoms with Crippen molar-refractivity contribution < 1.29 is 19.4 Å². The molecule has 0 radical (unpaired) electrons. The molecule has 1 N–H and O–H groups in total. The molecule has 2 aromatic carbocycles. The Balaban J connectivity index is 1.76. The van der Waals surface area contributed by atoms with Crippen LogP contribution in [0.15, 0.2) is 60.8 Å². The summed E-state index contributed by atoms with van der Waals surface area (Å²) in [4.78, 5) is 26.1. The van der Waals surface area contributed by atoms with Crippen molar-refractivity contribution >= 4 is 11.9 Å². The molecule has 1 saturated heterocycles. The van der Waals surface area contributed by atoms with Gasteiger partial charge in [-0.15, -0.1) is 0 Å². The number of hydrogen-bond donors (Lipinski definition) is 1. The lowest BCUT2D eigenvalue weighted by Crippen LogP contribution is -2.30. The van der Waals surface area contributed by atoms with E-state index in [0.717, 1.165) is 11.3 Å². The van der Waals surface area contributed by atoms with Crippen molar-refractivity contribution in [3.05, 3.63) is 66.4 Å². The predicted molar refractivity (Wildman–Crippen MR) is 107 cm³/mol. The molecule has 7 nitrogen and oxygen atoms in total. The summed E-state index contributed by atoms with van der Waals surface area (Å²) in [5.41, 5.74) is 2.57. The second kappa shape index (κ2) is 7.79. The Morgan fingerprint density at radius 3 is 2.62 bits per heavy atom. The first-order valence-electron chi connectivity index (χ1n) is 9.38. The number of carboxylic acids is 1. The van der Waals surface area contributed by atoms with E-state index in [1.807, 2.05) is 54.6 Å². The third-order valence-corrected chi connectivity index (χ3v) is 5.13. The molecule has 29 heavy (non-hydrogen) atoms. The number of benzene rings is 2. The van der Waals surface area contributed by atoms with E-state index in [4.69, 9.17) is 4.74 Å². The molecule has 1 amide bonds. The summed E-state index contributed by atoms with van der Waals surface area (Å²) >= 11 is 0. The van der Waals surface area contributed by atoms with E-state index in [1.54, 1.807) is 22.9 Å². The fraction of sp³-hybridized carbons (Fsp3) is 0.227. The number of ether oxygens (including phenoxy) is 1. The number of likely N-dealkylation sites (tertiary alicyclic amines) is 1. The van der Waals surface area contributed by atoms with Gasteiger partial charge in [-0.3, -0.25) is 9.59 Å². The highest BCUT2D eigenvalue weighted by Crippen LogP contribution is 2.29. The number of rotatable bonds is 5. The van der Waals surface area contributed by atoms with Crippen LogP contribution in [0.25, 0.3) is 16.9 Å². The first kappa shape index (κ1) is 18.7. The number of carbonyl (C=O) groups excluding carboxylic acids is 1. The summed E-state index contributed by atoms with van der Waals surface area (Å²) in [5.74, 6) is -0.937. The number of para-hydroxylation sites is 1. The molecule has 1 aliphatic heterocycles. The van der Waals surface area contributed by atoms with E-state index < -0.39 is 11.9 Å². The highest BCUT2D eigenvalue weighted by atomic mass is 16.5. The van der Waals surface area contributed by atoms with E-state index in [9.17, 15) is 14.7 Å². The van der Waals surface area contributed by atoms with E-state index in [0.29, 0.717) is 30.0 Å². The number of carbonyl (C=O) groups is 2. The van der Waals surface area contributed by atoms with Crippen LogP contribution in [0.4, 0.5) is 0 Å². The van der Waals surface area contributed by atoms with Crippen molar-refractivity contribution in [3.8, 4) is 22.7 Å². The normalized spacial score (nSPS) is 16.0. The Hall–Kier alpha value is -3.61. The standard InChI is InChI=1S/C22H21N3O4/c1-29-18-9-5-6-15(12-18)20-19(14-25(23-20)17-7-3-2-4-8-17)21(26)24-11-10-16(13-24)22(27)28/h2-9,12,14,16H,10-11,13H2,1H3,(H,27,28)/t16-/m1/s1. The first-order valence-corrected chi connectivity index (χ1v) is 9.38. The molecule has 1 aromatic heterocycles. The zero-order chi connectivity index (χ0) is 20.4. The van der Waals surface area contributed by atoms with Gasteiger partial charge in [-0.25, -0.2) is 4.68 Å². The minimum atomic E-state index is -0.867. The molecule has 148 valence electrons. The van der Waals surface area contributed by atoms with Crippen molar-refractivity contribution in [2.45, 2.75) is 6.42 Å². The predicted octanol–water partition coefficient (Wildman–Crippen LogP) is 3.09. The monoisotopic (exact) mass is 391 g/mol. The number of aromatic nitrogens is 2. The molecule has 4 rings (SSSR count). The number of aliphatic carboxylic acids is 1. The Bertz CT molecular complexity index is 1050. The molecule has 1 fully saturated rings. The maximum Gasteiger partial charge on any atom is 0.308 e. The van der Waals surface area contributed by atoms with Crippen LogP contribution in [-0.2, 0) is 4.79 Å². The van der Waals surface area contributed by atoms with Gasteiger partial charge in [0.1, 0.15) is 11.4 Å². The molecular formula is C22H21N3O4. The van der Waals surface area contributed by atoms with Crippen molar-refractivity contribution in [3.63, 3.8) is 0 Å². The van der Waals surface area contributed by atoms with Crippen LogP contribution < -0.4 is 4.74 Å². The van der Waals surface area contributed by atoms with Gasteiger partial charge < -0.3 is 14.7 Å². The third kappa shape index (κ3) is 3.71. The van der Waals surface area contributed by atoms with E-state index in [1.165, 1.54) is 0 Å². The Morgan fingerprint density at radius 1 is 1.14 bits per heavy atom. The van der Waals surface area contributed by atoms with Gasteiger partial charge in [0, 0.05) is 24.8 Å². The smallest absolute Gasteiger partial charge is 0.308 e. The van der Waals surface area contributed by atoms with Crippen LogP contribution >= 0.6 is 0 Å². The van der Waals surface area contributed by atoms with Crippen LogP contribution in [0.5, 0.6) is 5.75 Å². The first-order chi connectivity index (χ1) is 14.1. The summed E-state index contributed by atoms with van der Waals surface area (Å²) in [6.45, 7) is 0.631. The molecule has 7 heteroatoms. The lowest BCUT2D eigenvalue weighted by Gasteiger charge is -2.15. The molecular weight excluding hydrogens is 370 g/mol. The zero-order valence-corrected chi connectivity index (χ0v) is 16.0. The second-order valence-electron chi connectivity index (χ2n) is 6.98. The molecule has 0 bridgehead atoms. The fourth-order valence-electron chi connectivity index (χ4n) is 3.54. The Kier molecular flexibility index (Phi) is 5.03. The van der Waals surface area contributed by atoms with Crippen molar-refractivity contribution in [2.75, 3.05) is 20.2 Å². The van der Waals surface area contributed by atoms with Crippen molar-refractivity contribution in [1.29, 1.82) is 0 Å². The van der Waals surface area contributed by atoms with Crippen LogP contribution in [-0.4, -0.2) is 51.9 Å². The van der Waals surface area contributed by atoms with Gasteiger partial charge in [0.2, 0.25) is 0 Å². The number of amides is 1. The van der Waals surface area contributed by atoms with Crippen LogP contribution in [0.3, 0.4) is 0 Å². The molecule has 0 aliphatic carbocycles. The quantitative estimate of drug-likeness (QED) is 0.722. The lowest BCUT2D eigenvalue weighted by atomic mass is 10.1. The van der Waals surface area contributed by atoms with Gasteiger partial charge in [0.05, 0.1) is 24.3 Å². The van der Waals surface area contributed by atoms with E-state index in [-0.39, 0.29) is 12.5 Å². The third-order valence-electron chi connectivity index (χ3n) is 5.13. The summed E-state index contributed by atoms with van der Waals surface area (Å²) in [7, 11) is 1.59. The fourth-order valence-corrected chi connectivity index (χ4v) is 3.54. The van der Waals surface area contributed by atoms with Crippen molar-refractivity contribution in [1.82, 2.24) is 14.7 Å².